The van der Waals surface area contributed by atoms with Crippen molar-refractivity contribution >= 4 is 17.4 Å². The van der Waals surface area contributed by atoms with Crippen molar-refractivity contribution in [2.24, 2.45) is 5.73 Å². The van der Waals surface area contributed by atoms with Crippen molar-refractivity contribution in [1.82, 2.24) is 14.6 Å². The van der Waals surface area contributed by atoms with Gasteiger partial charge in [-0.05, 0) is 36.1 Å². The molecular formula is C16H16N4S. The molecule has 0 spiro atoms. The molecule has 2 N–H and O–H groups in total. The fourth-order valence-electron chi connectivity index (χ4n) is 2.93. The van der Waals surface area contributed by atoms with E-state index in [2.05, 4.69) is 34.5 Å². The highest BCUT2D eigenvalue weighted by atomic mass is 32.2. The first-order valence-corrected chi connectivity index (χ1v) is 8.01. The Kier molecular flexibility index (Phi) is 3.16. The third kappa shape index (κ3) is 2.22. The smallest absolute Gasteiger partial charge is 0.195 e. The maximum absolute atomic E-state index is 6.47. The van der Waals surface area contributed by atoms with Gasteiger partial charge in [0.2, 0.25) is 0 Å². The van der Waals surface area contributed by atoms with Gasteiger partial charge in [0, 0.05) is 17.5 Å². The van der Waals surface area contributed by atoms with Crippen molar-refractivity contribution < 1.29 is 0 Å². The Hall–Kier alpha value is -1.85. The van der Waals surface area contributed by atoms with Gasteiger partial charge in [0.25, 0.3) is 0 Å². The summed E-state index contributed by atoms with van der Waals surface area (Å²) in [5, 5.41) is 9.77. The molecule has 2 unspecified atom stereocenters. The molecule has 0 radical (unpaired) electrons. The summed E-state index contributed by atoms with van der Waals surface area (Å²) in [4.78, 5) is 0. The minimum Gasteiger partial charge on any atom is -0.323 e. The molecule has 0 saturated carbocycles. The molecule has 4 nitrogen and oxygen atoms in total. The van der Waals surface area contributed by atoms with Crippen LogP contribution in [0.5, 0.6) is 0 Å². The largest absolute Gasteiger partial charge is 0.323 e. The van der Waals surface area contributed by atoms with E-state index in [-0.39, 0.29) is 6.04 Å². The Morgan fingerprint density at radius 3 is 2.90 bits per heavy atom. The zero-order valence-electron chi connectivity index (χ0n) is 11.5. The van der Waals surface area contributed by atoms with Crippen molar-refractivity contribution in [3.63, 3.8) is 0 Å². The molecule has 0 fully saturated rings. The van der Waals surface area contributed by atoms with E-state index < -0.39 is 0 Å². The van der Waals surface area contributed by atoms with Gasteiger partial charge in [0.05, 0.1) is 0 Å². The van der Waals surface area contributed by atoms with Gasteiger partial charge >= 0.3 is 0 Å². The summed E-state index contributed by atoms with van der Waals surface area (Å²) in [5.41, 5.74) is 10.0. The van der Waals surface area contributed by atoms with Crippen LogP contribution >= 0.6 is 11.8 Å². The van der Waals surface area contributed by atoms with Crippen LogP contribution in [-0.2, 0) is 6.42 Å². The van der Waals surface area contributed by atoms with Crippen LogP contribution in [0.25, 0.3) is 5.65 Å². The molecule has 0 amide bonds. The maximum Gasteiger partial charge on any atom is 0.195 e. The fraction of sp³-hybridized carbons (Fsp3) is 0.250. The molecule has 1 aliphatic rings. The van der Waals surface area contributed by atoms with Gasteiger partial charge in [-0.1, -0.05) is 42.1 Å². The van der Waals surface area contributed by atoms with E-state index in [1.807, 2.05) is 28.8 Å². The van der Waals surface area contributed by atoms with Crippen molar-refractivity contribution in [3.8, 4) is 0 Å². The molecule has 1 aliphatic carbocycles. The Morgan fingerprint density at radius 1 is 1.10 bits per heavy atom. The lowest BCUT2D eigenvalue weighted by Gasteiger charge is -2.29. The van der Waals surface area contributed by atoms with Gasteiger partial charge < -0.3 is 5.73 Å². The summed E-state index contributed by atoms with van der Waals surface area (Å²) in [6, 6.07) is 14.5. The van der Waals surface area contributed by atoms with E-state index in [9.17, 15) is 0 Å². The summed E-state index contributed by atoms with van der Waals surface area (Å²) in [6.07, 6.45) is 4.16. The molecule has 2 aromatic heterocycles. The van der Waals surface area contributed by atoms with E-state index in [4.69, 9.17) is 5.73 Å². The lowest BCUT2D eigenvalue weighted by atomic mass is 9.88. The molecule has 21 heavy (non-hydrogen) atoms. The Morgan fingerprint density at radius 2 is 1.95 bits per heavy atom. The van der Waals surface area contributed by atoms with Gasteiger partial charge in [-0.3, -0.25) is 4.40 Å². The number of rotatable bonds is 2. The van der Waals surface area contributed by atoms with Crippen LogP contribution in [-0.4, -0.2) is 19.8 Å². The lowest BCUT2D eigenvalue weighted by molar-refractivity contribution is 0.585. The van der Waals surface area contributed by atoms with Gasteiger partial charge in [0.1, 0.15) is 0 Å². The number of aromatic nitrogens is 3. The number of nitrogens with two attached hydrogens (primary N) is 1. The second kappa shape index (κ2) is 5.16. The van der Waals surface area contributed by atoms with Crippen molar-refractivity contribution in [1.29, 1.82) is 0 Å². The van der Waals surface area contributed by atoms with Crippen molar-refractivity contribution in [2.45, 2.75) is 29.3 Å². The number of pyridine rings is 1. The topological polar surface area (TPSA) is 56.2 Å². The minimum atomic E-state index is 0.0519. The standard InChI is InChI=1S/C16H16N4S/c17-15-12-6-2-1-5-11(12)8-9-13(15)21-16-19-18-14-7-3-4-10-20(14)16/h1-7,10,13,15H,8-9,17H2. The molecule has 2 atom stereocenters. The first-order chi connectivity index (χ1) is 10.3. The van der Waals surface area contributed by atoms with Crippen molar-refractivity contribution in [3.05, 3.63) is 59.8 Å². The molecule has 0 bridgehead atoms. The Labute approximate surface area is 127 Å². The first kappa shape index (κ1) is 12.9. The Bertz CT molecular complexity index is 783. The van der Waals surface area contributed by atoms with E-state index in [1.165, 1.54) is 11.1 Å². The van der Waals surface area contributed by atoms with Crippen LogP contribution in [0.4, 0.5) is 0 Å². The first-order valence-electron chi connectivity index (χ1n) is 7.13. The number of hydrogen-bond donors (Lipinski definition) is 1. The summed E-state index contributed by atoms with van der Waals surface area (Å²) < 4.78 is 2.03. The minimum absolute atomic E-state index is 0.0519. The van der Waals surface area contributed by atoms with Crippen LogP contribution in [0.2, 0.25) is 0 Å². The van der Waals surface area contributed by atoms with E-state index in [0.29, 0.717) is 5.25 Å². The van der Waals surface area contributed by atoms with Gasteiger partial charge in [-0.15, -0.1) is 10.2 Å². The third-order valence-corrected chi connectivity index (χ3v) is 5.37. The highest BCUT2D eigenvalue weighted by Crippen LogP contribution is 2.38. The molecule has 1 aromatic carbocycles. The highest BCUT2D eigenvalue weighted by molar-refractivity contribution is 7.99. The number of thioether (sulfide) groups is 1. The molecule has 106 valence electrons. The summed E-state index contributed by atoms with van der Waals surface area (Å²) in [7, 11) is 0. The third-order valence-electron chi connectivity index (χ3n) is 4.05. The van der Waals surface area contributed by atoms with Gasteiger partial charge in [-0.25, -0.2) is 0 Å². The zero-order chi connectivity index (χ0) is 14.2. The van der Waals surface area contributed by atoms with E-state index in [0.717, 1.165) is 23.6 Å². The van der Waals surface area contributed by atoms with Crippen LogP contribution in [0.3, 0.4) is 0 Å². The van der Waals surface area contributed by atoms with E-state index in [1.54, 1.807) is 11.8 Å². The summed E-state index contributed by atoms with van der Waals surface area (Å²) in [6.45, 7) is 0. The average Bonchev–Trinajstić information content (AvgIpc) is 2.94. The number of fused-ring (bicyclic) bond motifs is 2. The molecule has 0 saturated heterocycles. The highest BCUT2D eigenvalue weighted by Gasteiger charge is 2.28. The second-order valence-corrected chi connectivity index (χ2v) is 6.54. The number of nitrogens with zero attached hydrogens (tertiary/aromatic N) is 3. The summed E-state index contributed by atoms with van der Waals surface area (Å²) >= 11 is 1.74. The predicted octanol–water partition coefficient (Wildman–Crippen LogP) is 2.84. The monoisotopic (exact) mass is 296 g/mol. The number of hydrogen-bond acceptors (Lipinski definition) is 4. The second-order valence-electron chi connectivity index (χ2n) is 5.33. The van der Waals surface area contributed by atoms with Crippen LogP contribution in [0, 0.1) is 0 Å². The molecule has 4 rings (SSSR count). The maximum atomic E-state index is 6.47. The van der Waals surface area contributed by atoms with Gasteiger partial charge in [0.15, 0.2) is 10.8 Å². The van der Waals surface area contributed by atoms with Gasteiger partial charge in [-0.2, -0.15) is 0 Å². The number of benzene rings is 1. The molecule has 2 heterocycles. The fourth-order valence-corrected chi connectivity index (χ4v) is 4.09. The SMILES string of the molecule is NC1c2ccccc2CCC1Sc1nnc2ccccn12. The molecular weight excluding hydrogens is 280 g/mol. The molecule has 5 heteroatoms. The van der Waals surface area contributed by atoms with Crippen LogP contribution < -0.4 is 5.73 Å². The van der Waals surface area contributed by atoms with Crippen LogP contribution in [0.15, 0.2) is 53.8 Å². The quantitative estimate of drug-likeness (QED) is 0.790. The average molecular weight is 296 g/mol. The predicted molar refractivity (Wildman–Crippen MR) is 84.3 cm³/mol. The molecule has 3 aromatic rings. The molecule has 0 aliphatic heterocycles. The summed E-state index contributed by atoms with van der Waals surface area (Å²) in [5.74, 6) is 0. The van der Waals surface area contributed by atoms with E-state index >= 15 is 0 Å². The lowest BCUT2D eigenvalue weighted by Crippen LogP contribution is -2.29. The zero-order valence-corrected chi connectivity index (χ0v) is 12.3. The Balaban J connectivity index is 1.64. The van der Waals surface area contributed by atoms with Crippen LogP contribution in [0.1, 0.15) is 23.6 Å². The van der Waals surface area contributed by atoms with Crippen molar-refractivity contribution in [2.75, 3.05) is 0 Å². The number of aryl methyl sites for hydroxylation is 1. The normalized spacial score (nSPS) is 21.4.